The fraction of sp³-hybridized carbons (Fsp3) is 0.125. The first kappa shape index (κ1) is 8.19. The fourth-order valence-corrected chi connectivity index (χ4v) is 1.43. The third-order valence-electron chi connectivity index (χ3n) is 1.81. The predicted molar refractivity (Wildman–Crippen MR) is 49.1 cm³/mol. The molecule has 13 heavy (non-hydrogen) atoms. The third-order valence-corrected chi connectivity index (χ3v) is 2.10. The first-order valence-corrected chi connectivity index (χ1v) is 4.00. The van der Waals surface area contributed by atoms with Crippen LogP contribution in [0, 0.1) is 5.92 Å². The number of hydrogen-bond acceptors (Lipinski definition) is 3. The number of carboxylic acids is 1. The van der Waals surface area contributed by atoms with E-state index in [4.69, 9.17) is 16.7 Å². The van der Waals surface area contributed by atoms with Crippen LogP contribution in [0.3, 0.4) is 0 Å². The van der Waals surface area contributed by atoms with Gasteiger partial charge in [-0.2, -0.15) is 0 Å². The number of rotatable bonds is 1. The molecule has 0 fully saturated rings. The molecule has 1 atom stereocenters. The molecule has 2 aliphatic heterocycles. The molecular formula is C8H5ClN2O2. The Balaban J connectivity index is 2.40. The molecule has 2 rings (SSSR count). The molecule has 0 bridgehead atoms. The van der Waals surface area contributed by atoms with Crippen molar-refractivity contribution < 1.29 is 9.90 Å². The summed E-state index contributed by atoms with van der Waals surface area (Å²) in [6.07, 6.45) is 4.85. The zero-order valence-electron chi connectivity index (χ0n) is 6.44. The molecule has 66 valence electrons. The van der Waals surface area contributed by atoms with Crippen LogP contribution in [0.15, 0.2) is 34.0 Å². The number of aliphatic carboxylic acids is 1. The summed E-state index contributed by atoms with van der Waals surface area (Å²) in [7, 11) is 0. The first-order valence-electron chi connectivity index (χ1n) is 3.62. The van der Waals surface area contributed by atoms with Crippen LogP contribution in [0.25, 0.3) is 0 Å². The van der Waals surface area contributed by atoms with E-state index in [0.717, 1.165) is 0 Å². The average Bonchev–Trinajstić information content (AvgIpc) is 2.49. The van der Waals surface area contributed by atoms with E-state index in [1.807, 2.05) is 0 Å². The molecule has 0 aromatic heterocycles. The molecule has 0 unspecified atom stereocenters. The number of carbonyl (C=O) groups is 1. The van der Waals surface area contributed by atoms with E-state index >= 15 is 0 Å². The number of halogens is 1. The Labute approximate surface area is 79.0 Å². The summed E-state index contributed by atoms with van der Waals surface area (Å²) in [4.78, 5) is 18.2. The molecule has 0 amide bonds. The topological polar surface area (TPSA) is 62.0 Å². The minimum absolute atomic E-state index is 0.0277. The van der Waals surface area contributed by atoms with Crippen molar-refractivity contribution in [1.82, 2.24) is 0 Å². The molecule has 0 radical (unpaired) electrons. The summed E-state index contributed by atoms with van der Waals surface area (Å²) >= 11 is 5.73. The average molecular weight is 197 g/mol. The van der Waals surface area contributed by atoms with E-state index in [9.17, 15) is 4.79 Å². The third kappa shape index (κ3) is 1.29. The van der Waals surface area contributed by atoms with Gasteiger partial charge in [0.1, 0.15) is 5.70 Å². The molecule has 2 heterocycles. The smallest absolute Gasteiger partial charge is 0.354 e. The highest BCUT2D eigenvalue weighted by molar-refractivity contribution is 6.84. The summed E-state index contributed by atoms with van der Waals surface area (Å²) in [6, 6.07) is 0. The van der Waals surface area contributed by atoms with Gasteiger partial charge < -0.3 is 5.11 Å². The first-order chi connectivity index (χ1) is 6.18. The highest BCUT2D eigenvalue weighted by Crippen LogP contribution is 2.23. The second-order valence-electron chi connectivity index (χ2n) is 2.64. The Morgan fingerprint density at radius 2 is 2.38 bits per heavy atom. The zero-order valence-corrected chi connectivity index (χ0v) is 7.19. The van der Waals surface area contributed by atoms with Crippen molar-refractivity contribution in [1.29, 1.82) is 0 Å². The van der Waals surface area contributed by atoms with Gasteiger partial charge in [0.25, 0.3) is 0 Å². The molecule has 0 aliphatic carbocycles. The van der Waals surface area contributed by atoms with Gasteiger partial charge in [-0.05, 0) is 6.08 Å². The van der Waals surface area contributed by atoms with Crippen molar-refractivity contribution in [3.05, 3.63) is 24.0 Å². The van der Waals surface area contributed by atoms with E-state index < -0.39 is 5.97 Å². The lowest BCUT2D eigenvalue weighted by Gasteiger charge is -2.07. The fourth-order valence-electron chi connectivity index (χ4n) is 1.21. The number of hydrogen-bond donors (Lipinski definition) is 1. The Kier molecular flexibility index (Phi) is 1.77. The molecule has 0 aromatic rings. The van der Waals surface area contributed by atoms with Gasteiger partial charge in [-0.1, -0.05) is 17.7 Å². The quantitative estimate of drug-likeness (QED) is 0.685. The van der Waals surface area contributed by atoms with Crippen molar-refractivity contribution in [3.8, 4) is 0 Å². The Morgan fingerprint density at radius 3 is 3.00 bits per heavy atom. The summed E-state index contributed by atoms with van der Waals surface area (Å²) in [5, 5.41) is 8.93. The maximum atomic E-state index is 10.6. The zero-order chi connectivity index (χ0) is 9.42. The van der Waals surface area contributed by atoms with E-state index in [1.165, 1.54) is 0 Å². The van der Waals surface area contributed by atoms with Gasteiger partial charge in [0.05, 0.1) is 5.71 Å². The van der Waals surface area contributed by atoms with Crippen molar-refractivity contribution in [2.45, 2.75) is 0 Å². The monoisotopic (exact) mass is 196 g/mol. The van der Waals surface area contributed by atoms with Crippen LogP contribution < -0.4 is 0 Å². The van der Waals surface area contributed by atoms with Crippen LogP contribution in [0.4, 0.5) is 0 Å². The Morgan fingerprint density at radius 1 is 1.62 bits per heavy atom. The number of nitrogens with zero attached hydrogens (tertiary/aromatic N) is 2. The SMILES string of the molecule is O=C(O)C1=C[C@H]2C=CN=C(Cl)C2=N1. The van der Waals surface area contributed by atoms with Crippen molar-refractivity contribution in [2.75, 3.05) is 0 Å². The van der Waals surface area contributed by atoms with Gasteiger partial charge in [-0.25, -0.2) is 14.8 Å². The molecule has 5 heteroatoms. The second-order valence-corrected chi connectivity index (χ2v) is 3.00. The van der Waals surface area contributed by atoms with Gasteiger partial charge in [0.2, 0.25) is 0 Å². The summed E-state index contributed by atoms with van der Waals surface area (Å²) in [5.41, 5.74) is 0.543. The largest absolute Gasteiger partial charge is 0.477 e. The minimum atomic E-state index is -1.04. The van der Waals surface area contributed by atoms with Crippen LogP contribution in [0.2, 0.25) is 0 Å². The van der Waals surface area contributed by atoms with Crippen molar-refractivity contribution in [3.63, 3.8) is 0 Å². The Bertz CT molecular complexity index is 393. The summed E-state index contributed by atoms with van der Waals surface area (Å²) in [5.74, 6) is -1.17. The van der Waals surface area contributed by atoms with Gasteiger partial charge in [0, 0.05) is 12.1 Å². The van der Waals surface area contributed by atoms with Gasteiger partial charge in [0.15, 0.2) is 5.17 Å². The highest BCUT2D eigenvalue weighted by atomic mass is 35.5. The lowest BCUT2D eigenvalue weighted by atomic mass is 10.0. The van der Waals surface area contributed by atoms with Gasteiger partial charge in [-0.3, -0.25) is 0 Å². The molecular weight excluding hydrogens is 192 g/mol. The number of fused-ring (bicyclic) bond motifs is 1. The van der Waals surface area contributed by atoms with Crippen LogP contribution >= 0.6 is 11.6 Å². The van der Waals surface area contributed by atoms with Crippen molar-refractivity contribution in [2.24, 2.45) is 15.9 Å². The molecule has 0 saturated carbocycles. The minimum Gasteiger partial charge on any atom is -0.477 e. The molecule has 1 N–H and O–H groups in total. The van der Waals surface area contributed by atoms with Crippen LogP contribution in [0.5, 0.6) is 0 Å². The second kappa shape index (κ2) is 2.81. The van der Waals surface area contributed by atoms with E-state index in [0.29, 0.717) is 5.71 Å². The Hall–Kier alpha value is -1.42. The van der Waals surface area contributed by atoms with E-state index in [2.05, 4.69) is 9.98 Å². The molecule has 0 saturated heterocycles. The standard InChI is InChI=1S/C8H5ClN2O2/c9-7-6-4(1-2-10-7)3-5(11-6)8(12)13/h1-4H,(H,12,13)/t4-/m1/s1. The molecule has 0 aromatic carbocycles. The summed E-state index contributed by atoms with van der Waals surface area (Å²) in [6.45, 7) is 0. The molecule has 2 aliphatic rings. The highest BCUT2D eigenvalue weighted by Gasteiger charge is 2.26. The molecule has 0 spiro atoms. The summed E-state index contributed by atoms with van der Waals surface area (Å²) < 4.78 is 0. The number of carboxylic acid groups (broad SMARTS) is 1. The number of allylic oxidation sites excluding steroid dienone is 2. The van der Waals surface area contributed by atoms with Gasteiger partial charge >= 0.3 is 5.97 Å². The number of aliphatic imine (C=N–C) groups is 2. The maximum Gasteiger partial charge on any atom is 0.354 e. The van der Waals surface area contributed by atoms with Crippen LogP contribution in [-0.4, -0.2) is 22.0 Å². The lowest BCUT2D eigenvalue weighted by molar-refractivity contribution is -0.132. The van der Waals surface area contributed by atoms with E-state index in [-0.39, 0.29) is 16.8 Å². The van der Waals surface area contributed by atoms with Crippen LogP contribution in [-0.2, 0) is 4.79 Å². The van der Waals surface area contributed by atoms with Crippen molar-refractivity contribution >= 4 is 28.5 Å². The predicted octanol–water partition coefficient (Wildman–Crippen LogP) is 1.19. The van der Waals surface area contributed by atoms with Gasteiger partial charge in [-0.15, -0.1) is 0 Å². The lowest BCUT2D eigenvalue weighted by Crippen LogP contribution is -2.16. The maximum absolute atomic E-state index is 10.6. The normalized spacial score (nSPS) is 24.7. The van der Waals surface area contributed by atoms with Crippen LogP contribution in [0.1, 0.15) is 0 Å². The van der Waals surface area contributed by atoms with E-state index in [1.54, 1.807) is 18.4 Å². The molecule has 4 nitrogen and oxygen atoms in total.